The third-order valence-electron chi connectivity index (χ3n) is 4.39. The maximum atomic E-state index is 13.3. The Morgan fingerprint density at radius 3 is 1.13 bits per heavy atom. The fourth-order valence-electron chi connectivity index (χ4n) is 2.09. The van der Waals surface area contributed by atoms with E-state index in [4.69, 9.17) is 0 Å². The number of ether oxygens (including phenoxy) is 2. The maximum Gasteiger partial charge on any atom is 0.460 e. The predicted octanol–water partition coefficient (Wildman–Crippen LogP) is 6.74. The lowest BCUT2D eigenvalue weighted by Crippen LogP contribution is -2.61. The van der Waals surface area contributed by atoms with E-state index in [2.05, 4.69) is 16.1 Å². The van der Waals surface area contributed by atoms with Crippen molar-refractivity contribution >= 4 is 11.9 Å². The minimum atomic E-state index is -7.23. The molecule has 0 spiro atoms. The van der Waals surface area contributed by atoms with Gasteiger partial charge in [0, 0.05) is 5.57 Å². The van der Waals surface area contributed by atoms with Gasteiger partial charge in [0.15, 0.2) is 0 Å². The van der Waals surface area contributed by atoms with E-state index >= 15 is 0 Å². The van der Waals surface area contributed by atoms with Crippen LogP contribution in [0.25, 0.3) is 0 Å². The maximum absolute atomic E-state index is 13.3. The average Bonchev–Trinajstić information content (AvgIpc) is 2.70. The Kier molecular flexibility index (Phi) is 10.4. The first-order valence-corrected chi connectivity index (χ1v) is 9.31. The smallest absolute Gasteiger partial charge is 0.460 e. The molecule has 0 amide bonds. The highest BCUT2D eigenvalue weighted by Crippen LogP contribution is 2.55. The first-order valence-electron chi connectivity index (χ1n) is 9.31. The summed E-state index contributed by atoms with van der Waals surface area (Å²) in [6, 6.07) is 0. The zero-order valence-electron chi connectivity index (χ0n) is 18.2. The topological polar surface area (TPSA) is 52.6 Å². The second-order valence-electron chi connectivity index (χ2n) is 7.34. The van der Waals surface area contributed by atoms with Crippen LogP contribution in [0.15, 0.2) is 12.2 Å². The van der Waals surface area contributed by atoms with E-state index in [9.17, 15) is 88.6 Å². The van der Waals surface area contributed by atoms with E-state index in [1.165, 1.54) is 0 Å². The second-order valence-corrected chi connectivity index (χ2v) is 7.34. The average molecular weight is 622 g/mol. The van der Waals surface area contributed by atoms with Gasteiger partial charge in [-0.05, 0) is 0 Å². The van der Waals surface area contributed by atoms with Crippen LogP contribution in [0.2, 0.25) is 0 Å². The largest absolute Gasteiger partial charge is 0.465 e. The molecule has 0 saturated carbocycles. The van der Waals surface area contributed by atoms with Crippen LogP contribution in [0, 0.1) is 0 Å². The van der Waals surface area contributed by atoms with E-state index in [-0.39, 0.29) is 0 Å². The molecule has 0 aliphatic rings. The Balaban J connectivity index is 4.97. The molecule has 0 aliphatic carbocycles. The van der Waals surface area contributed by atoms with E-state index < -0.39 is 97.9 Å². The Hall–Kier alpha value is -2.58. The summed E-state index contributed by atoms with van der Waals surface area (Å²) >= 11 is 0. The van der Waals surface area contributed by atoms with Crippen LogP contribution in [0.5, 0.6) is 0 Å². The fourth-order valence-corrected chi connectivity index (χ4v) is 2.09. The quantitative estimate of drug-likeness (QED) is 0.130. The molecule has 0 aromatic rings. The summed E-state index contributed by atoms with van der Waals surface area (Å²) in [7, 11) is 0. The van der Waals surface area contributed by atoms with Gasteiger partial charge >= 0.3 is 59.8 Å². The third-order valence-corrected chi connectivity index (χ3v) is 4.39. The molecule has 0 unspecified atom stereocenters. The van der Waals surface area contributed by atoms with Crippen LogP contribution in [-0.2, 0) is 19.1 Å². The molecule has 0 radical (unpaired) electrons. The molecule has 0 aromatic carbocycles. The minimum absolute atomic E-state index is 1.23. The molecule has 0 bridgehead atoms. The zero-order chi connectivity index (χ0) is 31.7. The van der Waals surface area contributed by atoms with Crippen molar-refractivity contribution in [3.05, 3.63) is 12.2 Å². The summed E-state index contributed by atoms with van der Waals surface area (Å²) in [5.41, 5.74) is -1.23. The highest BCUT2D eigenvalue weighted by atomic mass is 19.4. The standard InChI is InChI=1S/C17H12F18O4/c1-7(9(37)39-5-3-11(20,21)13(24,25)15(28,29)17(33,34)35)6-8(36)38-4-2-10(18,19)12(22,23)14(26,27)16(30,31)32/h1-6H2. The van der Waals surface area contributed by atoms with Gasteiger partial charge in [0.25, 0.3) is 0 Å². The van der Waals surface area contributed by atoms with Crippen molar-refractivity contribution in [2.45, 2.75) is 67.2 Å². The monoisotopic (exact) mass is 622 g/mol. The lowest BCUT2D eigenvalue weighted by atomic mass is 10.0. The van der Waals surface area contributed by atoms with Gasteiger partial charge in [-0.1, -0.05) is 6.58 Å². The molecule has 0 rings (SSSR count). The van der Waals surface area contributed by atoms with Crippen molar-refractivity contribution in [3.8, 4) is 0 Å². The van der Waals surface area contributed by atoms with Gasteiger partial charge in [-0.15, -0.1) is 0 Å². The van der Waals surface area contributed by atoms with Gasteiger partial charge in [-0.3, -0.25) is 4.79 Å². The van der Waals surface area contributed by atoms with Crippen molar-refractivity contribution in [3.63, 3.8) is 0 Å². The lowest BCUT2D eigenvalue weighted by molar-refractivity contribution is -0.397. The number of alkyl halides is 18. The summed E-state index contributed by atoms with van der Waals surface area (Å²) in [6.07, 6.45) is -21.0. The lowest BCUT2D eigenvalue weighted by Gasteiger charge is -2.33. The van der Waals surface area contributed by atoms with Crippen molar-refractivity contribution in [2.75, 3.05) is 13.2 Å². The molecule has 39 heavy (non-hydrogen) atoms. The van der Waals surface area contributed by atoms with E-state index in [1.54, 1.807) is 0 Å². The molecule has 0 N–H and O–H groups in total. The molecular weight excluding hydrogens is 610 g/mol. The van der Waals surface area contributed by atoms with Gasteiger partial charge in [-0.25, -0.2) is 4.79 Å². The van der Waals surface area contributed by atoms with Gasteiger partial charge < -0.3 is 9.47 Å². The summed E-state index contributed by atoms with van der Waals surface area (Å²) in [5, 5.41) is 0. The van der Waals surface area contributed by atoms with Crippen molar-refractivity contribution in [1.29, 1.82) is 0 Å². The fraction of sp³-hybridized carbons (Fsp3) is 0.765. The van der Waals surface area contributed by atoms with Crippen LogP contribution in [0.1, 0.15) is 19.3 Å². The molecular formula is C17H12F18O4. The number of halogens is 18. The summed E-state index contributed by atoms with van der Waals surface area (Å²) < 4.78 is 236. The van der Waals surface area contributed by atoms with Crippen LogP contribution >= 0.6 is 0 Å². The summed E-state index contributed by atoms with van der Waals surface area (Å²) in [5.74, 6) is -44.7. The van der Waals surface area contributed by atoms with Gasteiger partial charge in [0.05, 0.1) is 32.5 Å². The number of carbonyl (C=O) groups excluding carboxylic acids is 2. The van der Waals surface area contributed by atoms with E-state index in [1.807, 2.05) is 0 Å². The summed E-state index contributed by atoms with van der Waals surface area (Å²) in [4.78, 5) is 22.8. The number of hydrogen-bond acceptors (Lipinski definition) is 4. The number of esters is 2. The molecule has 0 saturated heterocycles. The highest BCUT2D eigenvalue weighted by molar-refractivity contribution is 5.93. The molecule has 0 aromatic heterocycles. The molecule has 0 atom stereocenters. The summed E-state index contributed by atoms with van der Waals surface area (Å²) in [6.45, 7) is -1.24. The SMILES string of the molecule is C=C(CC(=O)OCCC(F)(F)C(F)(F)C(F)(F)C(F)(F)F)C(=O)OCCC(F)(F)C(F)(F)C(F)(F)C(F)(F)F. The van der Waals surface area contributed by atoms with Gasteiger partial charge in [0.2, 0.25) is 0 Å². The van der Waals surface area contributed by atoms with Crippen molar-refractivity contribution in [1.82, 2.24) is 0 Å². The van der Waals surface area contributed by atoms with Gasteiger partial charge in [-0.2, -0.15) is 79.0 Å². The molecule has 0 aliphatic heterocycles. The Labute approximate surface area is 203 Å². The Morgan fingerprint density at radius 2 is 0.821 bits per heavy atom. The molecule has 4 nitrogen and oxygen atoms in total. The third kappa shape index (κ3) is 7.34. The van der Waals surface area contributed by atoms with Crippen molar-refractivity contribution in [2.24, 2.45) is 0 Å². The van der Waals surface area contributed by atoms with Gasteiger partial charge in [0.1, 0.15) is 0 Å². The first kappa shape index (κ1) is 36.4. The van der Waals surface area contributed by atoms with Crippen LogP contribution in [0.4, 0.5) is 79.0 Å². The number of carbonyl (C=O) groups is 2. The first-order chi connectivity index (χ1) is 16.9. The van der Waals surface area contributed by atoms with Crippen LogP contribution < -0.4 is 0 Å². The highest BCUT2D eigenvalue weighted by Gasteiger charge is 2.82. The second kappa shape index (κ2) is 11.1. The van der Waals surface area contributed by atoms with Crippen LogP contribution in [-0.4, -0.2) is 73.0 Å². The predicted molar refractivity (Wildman–Crippen MR) is 86.7 cm³/mol. The molecule has 0 fully saturated rings. The molecule has 230 valence electrons. The van der Waals surface area contributed by atoms with E-state index in [0.29, 0.717) is 0 Å². The number of hydrogen-bond donors (Lipinski definition) is 0. The normalized spacial score (nSPS) is 14.7. The molecule has 0 heterocycles. The Bertz CT molecular complexity index is 902. The van der Waals surface area contributed by atoms with Crippen LogP contribution in [0.3, 0.4) is 0 Å². The molecule has 22 heteroatoms. The minimum Gasteiger partial charge on any atom is -0.465 e. The Morgan fingerprint density at radius 1 is 0.513 bits per heavy atom. The van der Waals surface area contributed by atoms with Crippen molar-refractivity contribution < 1.29 is 98.1 Å². The zero-order valence-corrected chi connectivity index (χ0v) is 18.2. The number of rotatable bonds is 13. The van der Waals surface area contributed by atoms with E-state index in [0.717, 1.165) is 0 Å².